The number of benzene rings is 1. The zero-order valence-electron chi connectivity index (χ0n) is 9.36. The van der Waals surface area contributed by atoms with Gasteiger partial charge in [0.25, 0.3) is 5.91 Å². The lowest BCUT2D eigenvalue weighted by atomic mass is 10.0. The summed E-state index contributed by atoms with van der Waals surface area (Å²) in [5.74, 6) is -1.69. The molecule has 1 heterocycles. The number of carbonyl (C=O) groups is 1. The molecule has 0 saturated heterocycles. The van der Waals surface area contributed by atoms with E-state index in [4.69, 9.17) is 11.5 Å². The molecule has 1 amide bonds. The van der Waals surface area contributed by atoms with Crippen molar-refractivity contribution in [1.82, 2.24) is 0 Å². The maximum Gasteiger partial charge on any atom is 0.417 e. The maximum atomic E-state index is 12.9. The summed E-state index contributed by atoms with van der Waals surface area (Å²) in [6.45, 7) is 0. The first-order chi connectivity index (χ1) is 8.79. The third kappa shape index (κ3) is 2.68. The zero-order chi connectivity index (χ0) is 14.2. The number of halogens is 3. The molecule has 0 fully saturated rings. The standard InChI is InChI=1S/C11H8F3N3OS/c12-11(13,14)7-3-5-1-2-19-8(5)4-6(7)9(18)17-10(15)16/h1-4H,(H4,15,16,17,18). The van der Waals surface area contributed by atoms with Crippen LogP contribution in [0.5, 0.6) is 0 Å². The monoisotopic (exact) mass is 287 g/mol. The Morgan fingerprint density at radius 2 is 1.95 bits per heavy atom. The molecule has 19 heavy (non-hydrogen) atoms. The molecule has 0 aliphatic rings. The molecule has 0 bridgehead atoms. The van der Waals surface area contributed by atoms with Crippen molar-refractivity contribution in [2.45, 2.75) is 6.18 Å². The zero-order valence-corrected chi connectivity index (χ0v) is 10.2. The van der Waals surface area contributed by atoms with Crippen LogP contribution in [0.25, 0.3) is 10.1 Å². The largest absolute Gasteiger partial charge is 0.417 e. The van der Waals surface area contributed by atoms with E-state index in [2.05, 4.69) is 4.99 Å². The van der Waals surface area contributed by atoms with Gasteiger partial charge in [-0.2, -0.15) is 18.2 Å². The smallest absolute Gasteiger partial charge is 0.370 e. The lowest BCUT2D eigenvalue weighted by Gasteiger charge is -2.11. The van der Waals surface area contributed by atoms with Gasteiger partial charge in [0.15, 0.2) is 5.96 Å². The molecule has 0 aliphatic heterocycles. The van der Waals surface area contributed by atoms with Gasteiger partial charge >= 0.3 is 6.18 Å². The van der Waals surface area contributed by atoms with Gasteiger partial charge < -0.3 is 11.5 Å². The van der Waals surface area contributed by atoms with Crippen molar-refractivity contribution < 1.29 is 18.0 Å². The minimum Gasteiger partial charge on any atom is -0.370 e. The van der Waals surface area contributed by atoms with Crippen LogP contribution < -0.4 is 11.5 Å². The van der Waals surface area contributed by atoms with Crippen LogP contribution in [0.3, 0.4) is 0 Å². The number of rotatable bonds is 1. The van der Waals surface area contributed by atoms with Gasteiger partial charge in [0, 0.05) is 4.70 Å². The Labute approximate surface area is 109 Å². The van der Waals surface area contributed by atoms with E-state index in [0.29, 0.717) is 10.1 Å². The van der Waals surface area contributed by atoms with Crippen molar-refractivity contribution in [3.63, 3.8) is 0 Å². The van der Waals surface area contributed by atoms with Crippen LogP contribution in [0.4, 0.5) is 13.2 Å². The minimum atomic E-state index is -4.65. The first kappa shape index (κ1) is 13.3. The molecule has 0 unspecified atom stereocenters. The Hall–Kier alpha value is -2.09. The van der Waals surface area contributed by atoms with E-state index in [1.165, 1.54) is 11.3 Å². The molecular formula is C11H8F3N3OS. The van der Waals surface area contributed by atoms with Gasteiger partial charge in [-0.05, 0) is 29.0 Å². The summed E-state index contributed by atoms with van der Waals surface area (Å²) in [6.07, 6.45) is -4.65. The van der Waals surface area contributed by atoms with Gasteiger partial charge in [0.05, 0.1) is 11.1 Å². The number of aliphatic imine (C=N–C) groups is 1. The first-order valence-corrected chi connectivity index (χ1v) is 5.89. The molecule has 0 spiro atoms. The predicted octanol–water partition coefficient (Wildman–Crippen LogP) is 2.33. The number of hydrogen-bond donors (Lipinski definition) is 2. The van der Waals surface area contributed by atoms with Crippen molar-refractivity contribution >= 4 is 33.3 Å². The number of fused-ring (bicyclic) bond motifs is 1. The third-order valence-corrected chi connectivity index (χ3v) is 3.24. The van der Waals surface area contributed by atoms with Crippen LogP contribution in [0, 0.1) is 0 Å². The average Bonchev–Trinajstić information content (AvgIpc) is 2.71. The quantitative estimate of drug-likeness (QED) is 0.624. The highest BCUT2D eigenvalue weighted by Gasteiger charge is 2.35. The normalized spacial score (nSPS) is 11.5. The molecular weight excluding hydrogens is 279 g/mol. The van der Waals surface area contributed by atoms with Crippen molar-refractivity contribution in [2.75, 3.05) is 0 Å². The molecule has 100 valence electrons. The van der Waals surface area contributed by atoms with E-state index >= 15 is 0 Å². The van der Waals surface area contributed by atoms with Crippen LogP contribution in [-0.4, -0.2) is 11.9 Å². The van der Waals surface area contributed by atoms with E-state index in [0.717, 1.165) is 12.1 Å². The van der Waals surface area contributed by atoms with Crippen LogP contribution in [0.2, 0.25) is 0 Å². The van der Waals surface area contributed by atoms with E-state index < -0.39 is 29.2 Å². The molecule has 1 aromatic carbocycles. The highest BCUT2D eigenvalue weighted by molar-refractivity contribution is 7.17. The van der Waals surface area contributed by atoms with Gasteiger partial charge in [-0.25, -0.2) is 0 Å². The van der Waals surface area contributed by atoms with Crippen molar-refractivity contribution in [1.29, 1.82) is 0 Å². The first-order valence-electron chi connectivity index (χ1n) is 5.01. The third-order valence-electron chi connectivity index (χ3n) is 2.36. The molecule has 0 atom stereocenters. The number of carbonyl (C=O) groups excluding carboxylic acids is 1. The number of nitrogens with zero attached hydrogens (tertiary/aromatic N) is 1. The Morgan fingerprint density at radius 1 is 1.26 bits per heavy atom. The van der Waals surface area contributed by atoms with Gasteiger partial charge in [0.1, 0.15) is 0 Å². The summed E-state index contributed by atoms with van der Waals surface area (Å²) in [5.41, 5.74) is 8.41. The molecule has 1 aromatic heterocycles. The van der Waals surface area contributed by atoms with Crippen LogP contribution in [0.1, 0.15) is 15.9 Å². The van der Waals surface area contributed by atoms with E-state index in [1.54, 1.807) is 11.4 Å². The summed E-state index contributed by atoms with van der Waals surface area (Å²) >= 11 is 1.23. The molecule has 2 aromatic rings. The van der Waals surface area contributed by atoms with Crippen LogP contribution in [-0.2, 0) is 6.18 Å². The second-order valence-corrected chi connectivity index (χ2v) is 4.64. The number of guanidine groups is 1. The molecule has 8 heteroatoms. The fourth-order valence-corrected chi connectivity index (χ4v) is 2.41. The summed E-state index contributed by atoms with van der Waals surface area (Å²) in [5, 5.41) is 2.05. The number of hydrogen-bond acceptors (Lipinski definition) is 2. The summed E-state index contributed by atoms with van der Waals surface area (Å²) in [4.78, 5) is 14.8. The molecule has 4 nitrogen and oxygen atoms in total. The molecule has 0 saturated carbocycles. The average molecular weight is 287 g/mol. The number of thiophene rings is 1. The number of nitrogens with two attached hydrogens (primary N) is 2. The Kier molecular flexibility index (Phi) is 3.19. The van der Waals surface area contributed by atoms with Crippen molar-refractivity contribution in [3.05, 3.63) is 34.7 Å². The van der Waals surface area contributed by atoms with E-state index in [9.17, 15) is 18.0 Å². The fraction of sp³-hybridized carbons (Fsp3) is 0.0909. The molecule has 0 radical (unpaired) electrons. The summed E-state index contributed by atoms with van der Waals surface area (Å²) in [7, 11) is 0. The minimum absolute atomic E-state index is 0.415. The lowest BCUT2D eigenvalue weighted by molar-refractivity contribution is -0.137. The van der Waals surface area contributed by atoms with E-state index in [1.807, 2.05) is 0 Å². The second-order valence-electron chi connectivity index (χ2n) is 3.70. The lowest BCUT2D eigenvalue weighted by Crippen LogP contribution is -2.25. The Balaban J connectivity index is 2.69. The predicted molar refractivity (Wildman–Crippen MR) is 67.0 cm³/mol. The maximum absolute atomic E-state index is 12.9. The summed E-state index contributed by atoms with van der Waals surface area (Å²) in [6, 6.07) is 3.61. The molecule has 2 rings (SSSR count). The molecule has 0 aliphatic carbocycles. The number of alkyl halides is 3. The number of amides is 1. The SMILES string of the molecule is NC(N)=NC(=O)c1cc2sccc2cc1C(F)(F)F. The van der Waals surface area contributed by atoms with Crippen molar-refractivity contribution in [2.24, 2.45) is 16.5 Å². The van der Waals surface area contributed by atoms with Crippen LogP contribution in [0.15, 0.2) is 28.6 Å². The van der Waals surface area contributed by atoms with Gasteiger partial charge in [0.2, 0.25) is 0 Å². The van der Waals surface area contributed by atoms with Crippen molar-refractivity contribution in [3.8, 4) is 0 Å². The van der Waals surface area contributed by atoms with E-state index in [-0.39, 0.29) is 0 Å². The van der Waals surface area contributed by atoms with Gasteiger partial charge in [-0.1, -0.05) is 0 Å². The Bertz CT molecular complexity index is 671. The Morgan fingerprint density at radius 3 is 2.53 bits per heavy atom. The summed E-state index contributed by atoms with van der Waals surface area (Å²) < 4.78 is 39.3. The topological polar surface area (TPSA) is 81.5 Å². The van der Waals surface area contributed by atoms with Crippen LogP contribution >= 0.6 is 11.3 Å². The molecule has 4 N–H and O–H groups in total. The van der Waals surface area contributed by atoms with Gasteiger partial charge in [-0.3, -0.25) is 4.79 Å². The van der Waals surface area contributed by atoms with Gasteiger partial charge in [-0.15, -0.1) is 11.3 Å². The second kappa shape index (κ2) is 4.54. The highest BCUT2D eigenvalue weighted by atomic mass is 32.1. The fourth-order valence-electron chi connectivity index (χ4n) is 1.60. The highest BCUT2D eigenvalue weighted by Crippen LogP contribution is 2.36.